The van der Waals surface area contributed by atoms with Crippen molar-refractivity contribution in [3.63, 3.8) is 0 Å². The van der Waals surface area contributed by atoms with E-state index >= 15 is 0 Å². The highest BCUT2D eigenvalue weighted by atomic mass is 79.9. The lowest BCUT2D eigenvalue weighted by Gasteiger charge is -2.17. The Balaban J connectivity index is 0.000000173. The zero-order chi connectivity index (χ0) is 45.2. The van der Waals surface area contributed by atoms with Crippen LogP contribution in [0.3, 0.4) is 0 Å². The van der Waals surface area contributed by atoms with Crippen molar-refractivity contribution in [1.82, 2.24) is 30.6 Å². The van der Waals surface area contributed by atoms with E-state index in [1.165, 1.54) is 9.75 Å². The van der Waals surface area contributed by atoms with Crippen molar-refractivity contribution in [3.8, 4) is 0 Å². The Kier molecular flexibility index (Phi) is 17.8. The number of aromatic amines is 2. The second kappa shape index (κ2) is 23.0. The number of carboxylic acids is 1. The largest absolute Gasteiger partial charge is 0.481 e. The van der Waals surface area contributed by atoms with Crippen LogP contribution in [0.2, 0.25) is 8.67 Å². The zero-order valence-corrected chi connectivity index (χ0v) is 41.2. The number of thiophene rings is 2. The quantitative estimate of drug-likeness (QED) is 0.0620. The molecule has 2 aliphatic rings. The van der Waals surface area contributed by atoms with Gasteiger partial charge in [0.25, 0.3) is 0 Å². The molecule has 2 aliphatic carbocycles. The molecule has 0 spiro atoms. The molecule has 63 heavy (non-hydrogen) atoms. The first-order valence-electron chi connectivity index (χ1n) is 20.9. The molecule has 0 aromatic carbocycles. The van der Waals surface area contributed by atoms with Crippen LogP contribution in [0.15, 0.2) is 70.1 Å². The number of carbonyl (C=O) groups is 4. The third kappa shape index (κ3) is 14.2. The molecule has 6 atom stereocenters. The van der Waals surface area contributed by atoms with E-state index in [0.717, 1.165) is 102 Å². The van der Waals surface area contributed by atoms with Crippen molar-refractivity contribution in [2.45, 2.75) is 96.7 Å². The first kappa shape index (κ1) is 48.8. The summed E-state index contributed by atoms with van der Waals surface area (Å²) in [5.74, 6) is 0.0135. The summed E-state index contributed by atoms with van der Waals surface area (Å²) in [7, 11) is 0. The number of halogens is 4. The van der Waals surface area contributed by atoms with Crippen LogP contribution in [-0.2, 0) is 45.0 Å². The maximum Gasteiger partial charge on any atom is 0.306 e. The van der Waals surface area contributed by atoms with E-state index in [9.17, 15) is 19.2 Å². The molecule has 0 saturated heterocycles. The van der Waals surface area contributed by atoms with Crippen LogP contribution in [0.25, 0.3) is 21.8 Å². The molecule has 2 unspecified atom stereocenters. The topological polar surface area (TPSA) is 196 Å². The number of nitrogens with one attached hydrogen (secondary N) is 4. The molecule has 12 nitrogen and oxygen atoms in total. The minimum absolute atomic E-state index is 0.0350. The Morgan fingerprint density at radius 3 is 1.84 bits per heavy atom. The second-order valence-corrected chi connectivity index (χ2v) is 21.6. The van der Waals surface area contributed by atoms with Gasteiger partial charge in [-0.05, 0) is 152 Å². The van der Waals surface area contributed by atoms with Crippen LogP contribution in [0, 0.1) is 23.7 Å². The maximum atomic E-state index is 12.7. The summed E-state index contributed by atoms with van der Waals surface area (Å²) in [6.07, 6.45) is 15.5. The number of Topliss-reactive ketones (excluding diaryl/α,β-unsaturated/α-hetero) is 1. The van der Waals surface area contributed by atoms with Gasteiger partial charge in [-0.15, -0.1) is 22.7 Å². The van der Waals surface area contributed by atoms with Gasteiger partial charge in [-0.2, -0.15) is 0 Å². The summed E-state index contributed by atoms with van der Waals surface area (Å²) in [5.41, 5.74) is 9.49. The molecule has 2 amide bonds. The zero-order valence-electron chi connectivity index (χ0n) is 34.9. The van der Waals surface area contributed by atoms with Crippen LogP contribution in [-0.4, -0.2) is 60.7 Å². The van der Waals surface area contributed by atoms with E-state index in [1.807, 2.05) is 36.5 Å². The van der Waals surface area contributed by atoms with Crippen LogP contribution < -0.4 is 16.4 Å². The number of hydrogen-bond acceptors (Lipinski definition) is 9. The molecule has 0 aliphatic heterocycles. The smallest absolute Gasteiger partial charge is 0.306 e. The third-order valence-electron chi connectivity index (χ3n) is 11.5. The molecule has 2 saturated carbocycles. The third-order valence-corrected chi connectivity index (χ3v) is 16.5. The van der Waals surface area contributed by atoms with Crippen LogP contribution in [0.5, 0.6) is 0 Å². The number of aromatic nitrogens is 4. The summed E-state index contributed by atoms with van der Waals surface area (Å²) in [6, 6.07) is 11.0. The standard InChI is InChI=1S/C22H24BrClN4O2S.C12H15N3O.C11H12BrClO2S/c1-12(21(29)26-11-16-8-15-10-25-5-4-19(15)28-16)27-22(30)14-3-2-13(6-14)7-17-9-18(23)20(24)31-17;1-8(13)12(16)3-2-10-6-9-7-14-5-4-11(9)15-10;12-9-5-8(16-10(9)13)4-6-1-2-7(3-6)11(14)15/h4-5,8-10,12-14,28H,2-3,6-7,11H2,1H3,(H,26,29)(H,27,30);4-8,15H,2-3,13H2,1H3;5-7H,1-4H2,(H,14,15)/t12-,13+,14?;8-;6-,7?/m001/s1. The number of fused-ring (bicyclic) bond motifs is 2. The minimum Gasteiger partial charge on any atom is -0.481 e. The lowest BCUT2D eigenvalue weighted by atomic mass is 10.0. The van der Waals surface area contributed by atoms with Gasteiger partial charge in [-0.1, -0.05) is 23.2 Å². The molecule has 336 valence electrons. The number of aryl methyl sites for hydroxylation is 1. The van der Waals surface area contributed by atoms with Crippen molar-refractivity contribution in [3.05, 3.63) is 99.9 Å². The van der Waals surface area contributed by atoms with Crippen molar-refractivity contribution >= 4 is 123 Å². The van der Waals surface area contributed by atoms with E-state index in [2.05, 4.69) is 68.5 Å². The summed E-state index contributed by atoms with van der Waals surface area (Å²) in [4.78, 5) is 64.5. The van der Waals surface area contributed by atoms with Crippen molar-refractivity contribution in [2.24, 2.45) is 29.4 Å². The molecule has 0 radical (unpaired) electrons. The lowest BCUT2D eigenvalue weighted by molar-refractivity contribution is -0.141. The summed E-state index contributed by atoms with van der Waals surface area (Å²) in [6.45, 7) is 3.82. The first-order chi connectivity index (χ1) is 30.1. The summed E-state index contributed by atoms with van der Waals surface area (Å²) >= 11 is 22.1. The Hall–Kier alpha value is -3.64. The molecule has 8 rings (SSSR count). The molecule has 0 bridgehead atoms. The number of hydrogen-bond donors (Lipinski definition) is 6. The number of aliphatic carboxylic acids is 1. The number of amides is 2. The predicted octanol–water partition coefficient (Wildman–Crippen LogP) is 10.4. The van der Waals surface area contributed by atoms with Gasteiger partial charge in [-0.3, -0.25) is 29.1 Å². The molecular formula is C45H51Br2Cl2N7O5S2. The normalized spacial score (nSPS) is 19.2. The number of rotatable bonds is 14. The maximum absolute atomic E-state index is 12.7. The average molecular weight is 1060 g/mol. The van der Waals surface area contributed by atoms with Crippen LogP contribution in [0.1, 0.15) is 79.9 Å². The fraction of sp³-hybridized carbons (Fsp3) is 0.422. The predicted molar refractivity (Wildman–Crippen MR) is 259 cm³/mol. The van der Waals surface area contributed by atoms with E-state index in [-0.39, 0.29) is 35.5 Å². The SMILES string of the molecule is C[C@H](N)C(=O)CCc1cc2cnccc2[nH]1.C[C@H](NC(=O)C1CC[C@@H](Cc2cc(Br)c(Cl)s2)C1)C(=O)NCc1cc2cnccc2[nH]1.O=C(O)C1CC[C@@H](Cc2cc(Br)c(Cl)s2)C1. The number of carboxylic acid groups (broad SMARTS) is 1. The molecule has 6 aromatic heterocycles. The molecule has 2 fully saturated rings. The summed E-state index contributed by atoms with van der Waals surface area (Å²) in [5, 5.41) is 16.8. The number of ketones is 1. The first-order valence-corrected chi connectivity index (χ1v) is 24.9. The molecular weight excluding hydrogens is 1010 g/mol. The van der Waals surface area contributed by atoms with Crippen LogP contribution >= 0.6 is 77.7 Å². The van der Waals surface area contributed by atoms with E-state index < -0.39 is 12.0 Å². The van der Waals surface area contributed by atoms with Crippen LogP contribution in [0.4, 0.5) is 0 Å². The second-order valence-electron chi connectivity index (χ2n) is 16.4. The van der Waals surface area contributed by atoms with Gasteiger partial charge in [-0.25, -0.2) is 0 Å². The molecule has 6 aromatic rings. The fourth-order valence-electron chi connectivity index (χ4n) is 8.05. The molecule has 18 heteroatoms. The Labute approximate surface area is 401 Å². The Bertz CT molecular complexity index is 2420. The number of nitrogens with two attached hydrogens (primary N) is 1. The Morgan fingerprint density at radius 2 is 1.35 bits per heavy atom. The van der Waals surface area contributed by atoms with Crippen molar-refractivity contribution < 1.29 is 24.3 Å². The fourth-order valence-corrected chi connectivity index (χ4v) is 11.9. The number of carbonyl (C=O) groups excluding carboxylic acids is 3. The average Bonchev–Trinajstić information content (AvgIpc) is 4.12. The van der Waals surface area contributed by atoms with Gasteiger partial charge < -0.3 is 31.4 Å². The molecule has 7 N–H and O–H groups in total. The van der Waals surface area contributed by atoms with E-state index in [1.54, 1.807) is 55.1 Å². The van der Waals surface area contributed by atoms with Gasteiger partial charge in [0.15, 0.2) is 0 Å². The van der Waals surface area contributed by atoms with Gasteiger partial charge in [0.2, 0.25) is 11.8 Å². The highest BCUT2D eigenvalue weighted by Crippen LogP contribution is 2.39. The van der Waals surface area contributed by atoms with Crippen molar-refractivity contribution in [1.29, 1.82) is 0 Å². The highest BCUT2D eigenvalue weighted by molar-refractivity contribution is 9.11. The number of pyridine rings is 2. The molecule has 6 heterocycles. The van der Waals surface area contributed by atoms with Gasteiger partial charge in [0.1, 0.15) is 20.5 Å². The lowest BCUT2D eigenvalue weighted by Crippen LogP contribution is -2.46. The van der Waals surface area contributed by atoms with Gasteiger partial charge in [0.05, 0.1) is 18.5 Å². The van der Waals surface area contributed by atoms with Gasteiger partial charge >= 0.3 is 5.97 Å². The number of H-pyrrole nitrogens is 2. The monoisotopic (exact) mass is 1060 g/mol. The van der Waals surface area contributed by atoms with E-state index in [0.29, 0.717) is 31.2 Å². The highest BCUT2D eigenvalue weighted by Gasteiger charge is 2.32. The summed E-state index contributed by atoms with van der Waals surface area (Å²) < 4.78 is 3.43. The van der Waals surface area contributed by atoms with Crippen molar-refractivity contribution in [2.75, 3.05) is 0 Å². The minimum atomic E-state index is -0.645. The van der Waals surface area contributed by atoms with E-state index in [4.69, 9.17) is 34.0 Å². The van der Waals surface area contributed by atoms with Gasteiger partial charge in [0, 0.05) is 89.0 Å². The Morgan fingerprint density at radius 1 is 0.825 bits per heavy atom. The number of nitrogens with zero attached hydrogens (tertiary/aromatic N) is 2.